The summed E-state index contributed by atoms with van der Waals surface area (Å²) < 4.78 is 5.64. The zero-order valence-corrected chi connectivity index (χ0v) is 11.1. The van der Waals surface area contributed by atoms with E-state index in [0.717, 1.165) is 29.4 Å². The minimum atomic E-state index is 0.246. The van der Waals surface area contributed by atoms with Crippen LogP contribution in [0, 0.1) is 0 Å². The van der Waals surface area contributed by atoms with Crippen LogP contribution >= 0.6 is 11.6 Å². The minimum absolute atomic E-state index is 0.246. The fraction of sp³-hybridized carbons (Fsp3) is 0.538. The molecule has 0 radical (unpaired) electrons. The first kappa shape index (κ1) is 12.7. The van der Waals surface area contributed by atoms with Gasteiger partial charge in [0, 0.05) is 29.8 Å². The lowest BCUT2D eigenvalue weighted by molar-refractivity contribution is 0.0343. The van der Waals surface area contributed by atoms with E-state index in [1.54, 1.807) is 0 Å². The van der Waals surface area contributed by atoms with Crippen LogP contribution in [-0.2, 0) is 11.3 Å². The molecule has 2 atom stereocenters. The van der Waals surface area contributed by atoms with Gasteiger partial charge in [-0.25, -0.2) is 0 Å². The van der Waals surface area contributed by atoms with Crippen LogP contribution in [0.15, 0.2) is 18.2 Å². The minimum Gasteiger partial charge on any atom is -0.375 e. The first-order valence-corrected chi connectivity index (χ1v) is 6.36. The summed E-state index contributed by atoms with van der Waals surface area (Å²) in [6.45, 7) is 6.41. The highest BCUT2D eigenvalue weighted by Crippen LogP contribution is 2.28. The molecule has 1 aliphatic heterocycles. The van der Waals surface area contributed by atoms with E-state index in [2.05, 4.69) is 18.7 Å². The number of morpholine rings is 1. The number of nitrogens with zero attached hydrogens (tertiary/aromatic N) is 1. The molecule has 0 amide bonds. The van der Waals surface area contributed by atoms with Gasteiger partial charge >= 0.3 is 0 Å². The van der Waals surface area contributed by atoms with E-state index in [0.29, 0.717) is 12.6 Å². The monoisotopic (exact) mass is 254 g/mol. The van der Waals surface area contributed by atoms with E-state index in [4.69, 9.17) is 22.1 Å². The molecule has 0 aliphatic carbocycles. The van der Waals surface area contributed by atoms with E-state index >= 15 is 0 Å². The fourth-order valence-electron chi connectivity index (χ4n) is 2.22. The van der Waals surface area contributed by atoms with Crippen molar-refractivity contribution >= 4 is 17.3 Å². The molecule has 3 nitrogen and oxygen atoms in total. The maximum absolute atomic E-state index is 6.08. The predicted molar refractivity (Wildman–Crippen MR) is 71.6 cm³/mol. The average Bonchev–Trinajstić information content (AvgIpc) is 2.32. The molecule has 2 N–H and O–H groups in total. The third-order valence-corrected chi connectivity index (χ3v) is 3.42. The number of hydrogen-bond donors (Lipinski definition) is 1. The quantitative estimate of drug-likeness (QED) is 0.881. The lowest BCUT2D eigenvalue weighted by Gasteiger charge is -2.39. The molecular formula is C13H19ClN2O. The Kier molecular flexibility index (Phi) is 3.92. The Hall–Kier alpha value is -0.770. The molecule has 1 aliphatic rings. The number of anilines is 1. The Morgan fingerprint density at radius 3 is 2.94 bits per heavy atom. The summed E-state index contributed by atoms with van der Waals surface area (Å²) in [5, 5.41) is 0.753. The molecular weight excluding hydrogens is 236 g/mol. The summed E-state index contributed by atoms with van der Waals surface area (Å²) in [7, 11) is 0. The zero-order chi connectivity index (χ0) is 12.4. The van der Waals surface area contributed by atoms with Gasteiger partial charge in [-0.15, -0.1) is 0 Å². The van der Waals surface area contributed by atoms with Gasteiger partial charge in [0.2, 0.25) is 0 Å². The standard InChI is InChI=1S/C13H19ClN2O/c1-9-8-17-10(2)7-16(9)13-5-12(14)4-3-11(13)6-15/h3-5,9-10H,6-8,15H2,1-2H3. The summed E-state index contributed by atoms with van der Waals surface area (Å²) in [4.78, 5) is 2.34. The van der Waals surface area contributed by atoms with Crippen LogP contribution in [0.5, 0.6) is 0 Å². The van der Waals surface area contributed by atoms with E-state index in [1.165, 1.54) is 0 Å². The van der Waals surface area contributed by atoms with Gasteiger partial charge in [-0.05, 0) is 31.5 Å². The van der Waals surface area contributed by atoms with Gasteiger partial charge in [0.1, 0.15) is 0 Å². The molecule has 0 saturated carbocycles. The van der Waals surface area contributed by atoms with Crippen molar-refractivity contribution in [1.82, 2.24) is 0 Å². The van der Waals surface area contributed by atoms with E-state index in [9.17, 15) is 0 Å². The smallest absolute Gasteiger partial charge is 0.0723 e. The van der Waals surface area contributed by atoms with Crippen molar-refractivity contribution < 1.29 is 4.74 Å². The molecule has 2 rings (SSSR count). The average molecular weight is 255 g/mol. The van der Waals surface area contributed by atoms with Crippen LogP contribution in [0.4, 0.5) is 5.69 Å². The number of halogens is 1. The van der Waals surface area contributed by atoms with Gasteiger partial charge in [-0.3, -0.25) is 0 Å². The van der Waals surface area contributed by atoms with Crippen molar-refractivity contribution in [2.75, 3.05) is 18.1 Å². The van der Waals surface area contributed by atoms with Crippen LogP contribution < -0.4 is 10.6 Å². The summed E-state index contributed by atoms with van der Waals surface area (Å²) in [5.74, 6) is 0. The molecule has 1 fully saturated rings. The van der Waals surface area contributed by atoms with Crippen LogP contribution in [0.2, 0.25) is 5.02 Å². The van der Waals surface area contributed by atoms with E-state index in [-0.39, 0.29) is 6.10 Å². The number of ether oxygens (including phenoxy) is 1. The number of nitrogens with two attached hydrogens (primary N) is 1. The van der Waals surface area contributed by atoms with Gasteiger partial charge in [-0.2, -0.15) is 0 Å². The predicted octanol–water partition coefficient (Wildman–Crippen LogP) is 2.41. The number of hydrogen-bond acceptors (Lipinski definition) is 3. The first-order valence-electron chi connectivity index (χ1n) is 5.98. The molecule has 0 bridgehead atoms. The van der Waals surface area contributed by atoms with Gasteiger partial charge in [0.25, 0.3) is 0 Å². The normalized spacial score (nSPS) is 25.1. The van der Waals surface area contributed by atoms with Crippen LogP contribution in [0.1, 0.15) is 19.4 Å². The highest BCUT2D eigenvalue weighted by atomic mass is 35.5. The summed E-state index contributed by atoms with van der Waals surface area (Å²) in [5.41, 5.74) is 8.06. The lowest BCUT2D eigenvalue weighted by Crippen LogP contribution is -2.47. The van der Waals surface area contributed by atoms with Gasteiger partial charge in [0.15, 0.2) is 0 Å². The second kappa shape index (κ2) is 5.25. The Balaban J connectivity index is 2.33. The van der Waals surface area contributed by atoms with Crippen molar-refractivity contribution in [3.8, 4) is 0 Å². The maximum Gasteiger partial charge on any atom is 0.0723 e. The third kappa shape index (κ3) is 2.73. The summed E-state index contributed by atoms with van der Waals surface area (Å²) >= 11 is 6.08. The Morgan fingerprint density at radius 1 is 1.47 bits per heavy atom. The van der Waals surface area contributed by atoms with Crippen molar-refractivity contribution in [1.29, 1.82) is 0 Å². The Labute approximate surface area is 107 Å². The van der Waals surface area contributed by atoms with Crippen molar-refractivity contribution in [2.45, 2.75) is 32.5 Å². The Bertz CT molecular complexity index is 397. The highest BCUT2D eigenvalue weighted by molar-refractivity contribution is 6.30. The molecule has 0 spiro atoms. The van der Waals surface area contributed by atoms with Gasteiger partial charge in [-0.1, -0.05) is 17.7 Å². The molecule has 1 saturated heterocycles. The Morgan fingerprint density at radius 2 is 2.24 bits per heavy atom. The third-order valence-electron chi connectivity index (χ3n) is 3.18. The fourth-order valence-corrected chi connectivity index (χ4v) is 2.38. The van der Waals surface area contributed by atoms with Gasteiger partial charge < -0.3 is 15.4 Å². The highest BCUT2D eigenvalue weighted by Gasteiger charge is 2.25. The molecule has 17 heavy (non-hydrogen) atoms. The molecule has 2 unspecified atom stereocenters. The van der Waals surface area contributed by atoms with Crippen LogP contribution in [0.3, 0.4) is 0 Å². The number of benzene rings is 1. The topological polar surface area (TPSA) is 38.5 Å². The largest absolute Gasteiger partial charge is 0.375 e. The molecule has 94 valence electrons. The molecule has 0 aromatic heterocycles. The van der Waals surface area contributed by atoms with Crippen molar-refractivity contribution in [3.05, 3.63) is 28.8 Å². The SMILES string of the molecule is CC1CN(c2cc(Cl)ccc2CN)C(C)CO1. The molecule has 1 heterocycles. The van der Waals surface area contributed by atoms with E-state index < -0.39 is 0 Å². The second-order valence-electron chi connectivity index (χ2n) is 4.62. The first-order chi connectivity index (χ1) is 8.11. The summed E-state index contributed by atoms with van der Waals surface area (Å²) in [6, 6.07) is 6.25. The number of rotatable bonds is 2. The van der Waals surface area contributed by atoms with Crippen LogP contribution in [0.25, 0.3) is 0 Å². The van der Waals surface area contributed by atoms with E-state index in [1.807, 2.05) is 18.2 Å². The van der Waals surface area contributed by atoms with Crippen molar-refractivity contribution in [2.24, 2.45) is 5.73 Å². The second-order valence-corrected chi connectivity index (χ2v) is 5.06. The molecule has 4 heteroatoms. The van der Waals surface area contributed by atoms with Crippen LogP contribution in [-0.4, -0.2) is 25.3 Å². The molecule has 1 aromatic rings. The maximum atomic E-state index is 6.08. The van der Waals surface area contributed by atoms with Gasteiger partial charge in [0.05, 0.1) is 12.7 Å². The zero-order valence-electron chi connectivity index (χ0n) is 10.3. The van der Waals surface area contributed by atoms with Crippen molar-refractivity contribution in [3.63, 3.8) is 0 Å². The molecule has 1 aromatic carbocycles. The summed E-state index contributed by atoms with van der Waals surface area (Å²) in [6.07, 6.45) is 0.246. The lowest BCUT2D eigenvalue weighted by atomic mass is 10.1.